The van der Waals surface area contributed by atoms with Crippen LogP contribution >= 0.6 is 116 Å². The van der Waals surface area contributed by atoms with Crippen molar-refractivity contribution in [3.05, 3.63) is 237 Å². The predicted octanol–water partition coefficient (Wildman–Crippen LogP) is 19.7. The van der Waals surface area contributed by atoms with Crippen molar-refractivity contribution in [2.24, 2.45) is 0 Å². The molecule has 0 aliphatic heterocycles. The predicted molar refractivity (Wildman–Crippen MR) is 335 cm³/mol. The highest BCUT2D eigenvalue weighted by atomic mass is 127. The number of fused-ring (bicyclic) bond motifs is 3. The van der Waals surface area contributed by atoms with Gasteiger partial charge in [0, 0.05) is 42.9 Å². The molecule has 11 rings (SSSR count). The lowest BCUT2D eigenvalue weighted by atomic mass is 9.92. The third-order valence-corrected chi connectivity index (χ3v) is 16.2. The molecular weight excluding hydrogens is 1360 g/mol. The van der Waals surface area contributed by atoms with Crippen molar-refractivity contribution in [3.63, 3.8) is 0 Å². The van der Waals surface area contributed by atoms with Crippen molar-refractivity contribution in [3.8, 4) is 61.4 Å². The molecule has 0 spiro atoms. The summed E-state index contributed by atoms with van der Waals surface area (Å²) in [7, 11) is 0.685. The lowest BCUT2D eigenvalue weighted by molar-refractivity contribution is 0.452. The van der Waals surface area contributed by atoms with Crippen molar-refractivity contribution in [2.75, 3.05) is 11.5 Å². The van der Waals surface area contributed by atoms with Crippen LogP contribution in [0, 0.1) is 7.14 Å². The second kappa shape index (κ2) is 23.5. The third kappa shape index (κ3) is 12.0. The van der Waals surface area contributed by atoms with E-state index in [1.165, 1.54) is 33.4 Å². The molecule has 0 bridgehead atoms. The summed E-state index contributed by atoms with van der Waals surface area (Å²) < 4.78 is 9.79. The first-order chi connectivity index (χ1) is 34.8. The van der Waals surface area contributed by atoms with E-state index in [4.69, 9.17) is 44.3 Å². The Bertz CT molecular complexity index is 3610. The van der Waals surface area contributed by atoms with Gasteiger partial charge in [0.15, 0.2) is 0 Å². The molecule has 0 saturated heterocycles. The van der Waals surface area contributed by atoms with Gasteiger partial charge in [-0.3, -0.25) is 0 Å². The van der Waals surface area contributed by atoms with Gasteiger partial charge in [-0.05, 0) is 217 Å². The summed E-state index contributed by atoms with van der Waals surface area (Å²) in [6.45, 7) is 0. The first kappa shape index (κ1) is 52.0. The Balaban J connectivity index is 0.000000175. The van der Waals surface area contributed by atoms with Crippen LogP contribution in [0.2, 0.25) is 10.0 Å². The molecule has 0 aliphatic rings. The summed E-state index contributed by atoms with van der Waals surface area (Å²) in [6, 6.07) is 70.6. The van der Waals surface area contributed by atoms with E-state index in [0.29, 0.717) is 24.1 Å². The zero-order valence-corrected chi connectivity index (χ0v) is 48.4. The first-order valence-corrected chi connectivity index (χ1v) is 27.6. The first-order valence-electron chi connectivity index (χ1n) is 22.3. The van der Waals surface area contributed by atoms with Gasteiger partial charge in [-0.15, -0.1) is 0 Å². The van der Waals surface area contributed by atoms with Crippen molar-refractivity contribution < 1.29 is 9.68 Å². The fourth-order valence-corrected chi connectivity index (χ4v) is 12.6. The van der Waals surface area contributed by atoms with Gasteiger partial charge in [0.05, 0.1) is 10.2 Å². The molecular formula is C60H39BBr3Cl2I2N2O2. The number of nitrogen functional groups attached to an aromatic ring is 2. The summed E-state index contributed by atoms with van der Waals surface area (Å²) in [5.41, 5.74) is 25.0. The Morgan fingerprint density at radius 2 is 0.736 bits per heavy atom. The molecule has 11 aromatic rings. The van der Waals surface area contributed by atoms with Crippen LogP contribution in [0.15, 0.2) is 220 Å². The van der Waals surface area contributed by atoms with E-state index >= 15 is 0 Å². The quantitative estimate of drug-likeness (QED) is 0.0844. The molecule has 353 valence electrons. The summed E-state index contributed by atoms with van der Waals surface area (Å²) in [5, 5.41) is 16.9. The maximum absolute atomic E-state index is 8.74. The van der Waals surface area contributed by atoms with Crippen LogP contribution in [0.25, 0.3) is 88.0 Å². The maximum atomic E-state index is 8.74. The Morgan fingerprint density at radius 1 is 0.375 bits per heavy atom. The van der Waals surface area contributed by atoms with Gasteiger partial charge in [0.1, 0.15) is 5.75 Å². The molecule has 0 atom stereocenters. The highest BCUT2D eigenvalue weighted by molar-refractivity contribution is 14.1. The van der Waals surface area contributed by atoms with Crippen LogP contribution in [-0.4, -0.2) is 12.7 Å². The monoisotopic (exact) mass is 1390 g/mol. The molecule has 0 saturated carbocycles. The second-order valence-electron chi connectivity index (χ2n) is 16.7. The average molecular weight is 1400 g/mol. The summed E-state index contributed by atoms with van der Waals surface area (Å²) >= 11 is 28.0. The molecule has 0 amide bonds. The van der Waals surface area contributed by atoms with Gasteiger partial charge in [-0.25, -0.2) is 0 Å². The molecule has 5 N–H and O–H groups in total. The minimum absolute atomic E-state index is 0.590. The lowest BCUT2D eigenvalue weighted by Gasteiger charge is -2.17. The fourth-order valence-electron chi connectivity index (χ4n) is 8.40. The summed E-state index contributed by atoms with van der Waals surface area (Å²) in [4.78, 5) is 0. The fraction of sp³-hybridized carbons (Fsp3) is 0. The Morgan fingerprint density at radius 3 is 1.12 bits per heavy atom. The lowest BCUT2D eigenvalue weighted by Crippen LogP contribution is -2.00. The van der Waals surface area contributed by atoms with Crippen LogP contribution in [0.4, 0.5) is 11.4 Å². The highest BCUT2D eigenvalue weighted by Crippen LogP contribution is 2.45. The Labute approximate surface area is 481 Å². The number of nitrogens with two attached hydrogens (primary N) is 2. The molecule has 0 aliphatic carbocycles. The second-order valence-corrected chi connectivity index (χ2v) is 22.4. The molecule has 11 aromatic carbocycles. The van der Waals surface area contributed by atoms with E-state index in [1.807, 2.05) is 72.8 Å². The number of hydrogen-bond donors (Lipinski definition) is 3. The van der Waals surface area contributed by atoms with Crippen LogP contribution in [0.3, 0.4) is 0 Å². The van der Waals surface area contributed by atoms with Crippen molar-refractivity contribution in [1.29, 1.82) is 0 Å². The smallest absolute Gasteiger partial charge is 0.537 e. The van der Waals surface area contributed by atoms with Gasteiger partial charge in [0.2, 0.25) is 0 Å². The van der Waals surface area contributed by atoms with Crippen LogP contribution < -0.4 is 16.1 Å². The zero-order chi connectivity index (χ0) is 50.5. The van der Waals surface area contributed by atoms with Crippen LogP contribution in [0.1, 0.15) is 0 Å². The highest BCUT2D eigenvalue weighted by Gasteiger charge is 2.18. The number of anilines is 2. The van der Waals surface area contributed by atoms with E-state index in [9.17, 15) is 0 Å². The number of halogens is 7. The number of hydrogen-bond acceptors (Lipinski definition) is 4. The van der Waals surface area contributed by atoms with E-state index in [-0.39, 0.29) is 0 Å². The van der Waals surface area contributed by atoms with E-state index in [1.54, 1.807) is 0 Å². The SMILES string of the molecule is Nc1c(-c2cc3ccc(-c4ccccc4)cc3cc2Br)cc(Cl)cc1-c1cc2ccc(-c3ccccc3)cc2cc1Br.Nc1c(I)cc(Cl)cc1I.O[B]Oc1cc2ccc(-c3ccccc3)cc2cc1Br. The zero-order valence-electron chi connectivity index (χ0n) is 37.9. The van der Waals surface area contributed by atoms with Crippen molar-refractivity contribution in [1.82, 2.24) is 0 Å². The van der Waals surface area contributed by atoms with Gasteiger partial charge in [0.25, 0.3) is 0 Å². The molecule has 0 heterocycles. The molecule has 0 unspecified atom stereocenters. The average Bonchev–Trinajstić information content (AvgIpc) is 3.39. The minimum Gasteiger partial charge on any atom is -0.537 e. The molecule has 0 fully saturated rings. The summed E-state index contributed by atoms with van der Waals surface area (Å²) in [5.74, 6) is 0.590. The maximum Gasteiger partial charge on any atom is 0.569 e. The van der Waals surface area contributed by atoms with Gasteiger partial charge in [-0.1, -0.05) is 182 Å². The molecule has 12 heteroatoms. The largest absolute Gasteiger partial charge is 0.569 e. The van der Waals surface area contributed by atoms with Gasteiger partial charge in [-0.2, -0.15) is 0 Å². The normalized spacial score (nSPS) is 10.9. The minimum atomic E-state index is 0.590. The Kier molecular flexibility index (Phi) is 17.0. The van der Waals surface area contributed by atoms with E-state index in [0.717, 1.165) is 85.8 Å². The van der Waals surface area contributed by atoms with Gasteiger partial charge >= 0.3 is 7.69 Å². The standard InChI is InChI=1S/C38H24Br2ClN.C16H11BBrO2.C6H4ClI2N/c39-36-19-29-15-25(23-7-3-1-4-8-23)11-13-27(29)17-32(36)34-21-31(41)22-35(38(34)42)33-18-28-14-12-26(16-30(28)20-37(33)40)24-9-5-2-6-10-24;18-15-9-14-8-12(11-4-2-1-3-5-11)6-7-13(14)10-16(15)20-17-19;7-3-1-4(8)6(10)5(9)2-3/h1-22H,42H2;1-10,19H;1-2H,10H2. The van der Waals surface area contributed by atoms with E-state index in [2.05, 4.69) is 226 Å². The third-order valence-electron chi connectivity index (χ3n) is 12.0. The van der Waals surface area contributed by atoms with Crippen LogP contribution in [0.5, 0.6) is 5.75 Å². The topological polar surface area (TPSA) is 81.5 Å². The number of benzene rings is 11. The number of rotatable bonds is 7. The van der Waals surface area contributed by atoms with E-state index < -0.39 is 0 Å². The molecule has 72 heavy (non-hydrogen) atoms. The van der Waals surface area contributed by atoms with Crippen molar-refractivity contribution in [2.45, 2.75) is 0 Å². The summed E-state index contributed by atoms with van der Waals surface area (Å²) in [6.07, 6.45) is 0. The van der Waals surface area contributed by atoms with Crippen LogP contribution in [-0.2, 0) is 0 Å². The molecule has 4 nitrogen and oxygen atoms in total. The Hall–Kier alpha value is -4.90. The van der Waals surface area contributed by atoms with Gasteiger partial charge < -0.3 is 21.1 Å². The molecule has 0 aromatic heterocycles. The van der Waals surface area contributed by atoms with Crippen molar-refractivity contribution >= 4 is 168 Å². The molecule has 1 radical (unpaired) electrons.